The van der Waals surface area contributed by atoms with Crippen molar-refractivity contribution in [3.05, 3.63) is 53.5 Å². The Kier molecular flexibility index (Phi) is 5.05. The van der Waals surface area contributed by atoms with E-state index in [-0.39, 0.29) is 5.91 Å². The summed E-state index contributed by atoms with van der Waals surface area (Å²) in [5.41, 5.74) is 2.85. The average molecular weight is 325 g/mol. The maximum atomic E-state index is 12.6. The zero-order valence-electron chi connectivity index (χ0n) is 14.2. The molecule has 0 spiro atoms. The molecule has 24 heavy (non-hydrogen) atoms. The van der Waals surface area contributed by atoms with Gasteiger partial charge in [0.05, 0.1) is 0 Å². The zero-order valence-corrected chi connectivity index (χ0v) is 14.2. The topological polar surface area (TPSA) is 61.4 Å². The van der Waals surface area contributed by atoms with E-state index in [0.717, 1.165) is 26.2 Å². The van der Waals surface area contributed by atoms with Crippen LogP contribution in [-0.4, -0.2) is 58.9 Å². The number of rotatable bonds is 4. The summed E-state index contributed by atoms with van der Waals surface area (Å²) in [4.78, 5) is 25.0. The van der Waals surface area contributed by atoms with Crippen LogP contribution in [-0.2, 0) is 6.54 Å². The van der Waals surface area contributed by atoms with Crippen molar-refractivity contribution in [3.63, 3.8) is 0 Å². The van der Waals surface area contributed by atoms with Crippen LogP contribution in [0.4, 0.5) is 5.82 Å². The number of hydrogen-bond acceptors (Lipinski definition) is 5. The lowest BCUT2D eigenvalue weighted by Crippen LogP contribution is -2.47. The Morgan fingerprint density at radius 1 is 1.12 bits per heavy atom. The van der Waals surface area contributed by atoms with Gasteiger partial charge in [-0.15, -0.1) is 0 Å². The molecule has 1 amide bonds. The summed E-state index contributed by atoms with van der Waals surface area (Å²) in [6.45, 7) is 6.01. The van der Waals surface area contributed by atoms with Crippen molar-refractivity contribution in [1.29, 1.82) is 0 Å². The van der Waals surface area contributed by atoms with Gasteiger partial charge in [0.25, 0.3) is 5.91 Å². The minimum absolute atomic E-state index is 0.0242. The third kappa shape index (κ3) is 4.08. The number of piperazine rings is 1. The molecule has 1 N–H and O–H groups in total. The molecule has 0 saturated carbocycles. The SMILES string of the molecule is Cc1ccc(CNc2cc(C(=O)N3CCN(C)CC3)ncn2)cc1. The largest absolute Gasteiger partial charge is 0.366 e. The average Bonchev–Trinajstić information content (AvgIpc) is 2.61. The summed E-state index contributed by atoms with van der Waals surface area (Å²) in [6, 6.07) is 10.1. The maximum Gasteiger partial charge on any atom is 0.272 e. The number of amides is 1. The normalized spacial score (nSPS) is 15.3. The first-order valence-electron chi connectivity index (χ1n) is 8.21. The second-order valence-corrected chi connectivity index (χ2v) is 6.22. The summed E-state index contributed by atoms with van der Waals surface area (Å²) in [7, 11) is 2.07. The van der Waals surface area contributed by atoms with Gasteiger partial charge in [-0.3, -0.25) is 4.79 Å². The molecule has 3 rings (SSSR count). The van der Waals surface area contributed by atoms with Crippen LogP contribution in [0, 0.1) is 6.92 Å². The molecule has 1 fully saturated rings. The van der Waals surface area contributed by atoms with Gasteiger partial charge >= 0.3 is 0 Å². The van der Waals surface area contributed by atoms with Gasteiger partial charge in [0, 0.05) is 38.8 Å². The lowest BCUT2D eigenvalue weighted by atomic mass is 10.1. The molecule has 6 nitrogen and oxygen atoms in total. The number of hydrogen-bond donors (Lipinski definition) is 1. The van der Waals surface area contributed by atoms with Gasteiger partial charge in [-0.25, -0.2) is 9.97 Å². The summed E-state index contributed by atoms with van der Waals surface area (Å²) < 4.78 is 0. The molecule has 2 aromatic rings. The van der Waals surface area contributed by atoms with Crippen LogP contribution < -0.4 is 5.32 Å². The van der Waals surface area contributed by atoms with Gasteiger partial charge in [-0.1, -0.05) is 29.8 Å². The molecular formula is C18H23N5O. The smallest absolute Gasteiger partial charge is 0.272 e. The number of carbonyl (C=O) groups excluding carboxylic acids is 1. The highest BCUT2D eigenvalue weighted by Crippen LogP contribution is 2.11. The first-order valence-corrected chi connectivity index (χ1v) is 8.21. The lowest BCUT2D eigenvalue weighted by Gasteiger charge is -2.32. The fourth-order valence-electron chi connectivity index (χ4n) is 2.64. The molecule has 0 radical (unpaired) electrons. The van der Waals surface area contributed by atoms with Gasteiger partial charge in [0.1, 0.15) is 17.8 Å². The molecule has 1 aromatic heterocycles. The van der Waals surface area contributed by atoms with E-state index in [1.807, 2.05) is 4.90 Å². The summed E-state index contributed by atoms with van der Waals surface area (Å²) in [6.07, 6.45) is 1.45. The zero-order chi connectivity index (χ0) is 16.9. The van der Waals surface area contributed by atoms with Crippen LogP contribution in [0.3, 0.4) is 0 Å². The molecule has 6 heteroatoms. The molecule has 126 valence electrons. The van der Waals surface area contributed by atoms with Gasteiger partial charge in [0.15, 0.2) is 0 Å². The third-order valence-corrected chi connectivity index (χ3v) is 4.27. The number of aryl methyl sites for hydroxylation is 1. The van der Waals surface area contributed by atoms with E-state index in [2.05, 4.69) is 58.4 Å². The van der Waals surface area contributed by atoms with E-state index >= 15 is 0 Å². The molecule has 0 aliphatic carbocycles. The fraction of sp³-hybridized carbons (Fsp3) is 0.389. The maximum absolute atomic E-state index is 12.6. The highest BCUT2D eigenvalue weighted by Gasteiger charge is 2.21. The van der Waals surface area contributed by atoms with Crippen molar-refractivity contribution in [3.8, 4) is 0 Å². The number of nitrogens with zero attached hydrogens (tertiary/aromatic N) is 4. The monoisotopic (exact) mass is 325 g/mol. The predicted molar refractivity (Wildman–Crippen MR) is 93.9 cm³/mol. The van der Waals surface area contributed by atoms with Crippen molar-refractivity contribution >= 4 is 11.7 Å². The lowest BCUT2D eigenvalue weighted by molar-refractivity contribution is 0.0658. The molecule has 0 bridgehead atoms. The Hall–Kier alpha value is -2.47. The highest BCUT2D eigenvalue weighted by molar-refractivity contribution is 5.93. The number of anilines is 1. The number of nitrogens with one attached hydrogen (secondary N) is 1. The van der Waals surface area contributed by atoms with E-state index in [9.17, 15) is 4.79 Å². The number of carbonyl (C=O) groups is 1. The molecule has 2 heterocycles. The number of benzene rings is 1. The first kappa shape index (κ1) is 16.4. The van der Waals surface area contributed by atoms with Crippen molar-refractivity contribution in [1.82, 2.24) is 19.8 Å². The predicted octanol–water partition coefficient (Wildman–Crippen LogP) is 1.78. The van der Waals surface area contributed by atoms with Gasteiger partial charge in [0.2, 0.25) is 0 Å². The highest BCUT2D eigenvalue weighted by atomic mass is 16.2. The van der Waals surface area contributed by atoms with Crippen molar-refractivity contribution in [2.75, 3.05) is 38.5 Å². The molecule has 0 unspecified atom stereocenters. The second-order valence-electron chi connectivity index (χ2n) is 6.22. The standard InChI is InChI=1S/C18H23N5O/c1-14-3-5-15(6-4-14)12-19-17-11-16(20-13-21-17)18(24)23-9-7-22(2)8-10-23/h3-6,11,13H,7-10,12H2,1-2H3,(H,19,20,21). The molecule has 1 saturated heterocycles. The van der Waals surface area contributed by atoms with Crippen molar-refractivity contribution < 1.29 is 4.79 Å². The first-order chi connectivity index (χ1) is 11.6. The van der Waals surface area contributed by atoms with E-state index in [0.29, 0.717) is 18.1 Å². The summed E-state index contributed by atoms with van der Waals surface area (Å²) >= 11 is 0. The van der Waals surface area contributed by atoms with Crippen LogP contribution >= 0.6 is 0 Å². The van der Waals surface area contributed by atoms with E-state index < -0.39 is 0 Å². The molecule has 0 atom stereocenters. The van der Waals surface area contributed by atoms with Crippen LogP contribution in [0.25, 0.3) is 0 Å². The fourth-order valence-corrected chi connectivity index (χ4v) is 2.64. The van der Waals surface area contributed by atoms with Crippen LogP contribution in [0.1, 0.15) is 21.6 Å². The Bertz CT molecular complexity index is 693. The molecule has 1 aliphatic rings. The Labute approximate surface area is 142 Å². The van der Waals surface area contributed by atoms with Crippen LogP contribution in [0.5, 0.6) is 0 Å². The van der Waals surface area contributed by atoms with Gasteiger partial charge < -0.3 is 15.1 Å². The Balaban J connectivity index is 1.63. The van der Waals surface area contributed by atoms with Gasteiger partial charge in [-0.05, 0) is 19.5 Å². The minimum Gasteiger partial charge on any atom is -0.366 e. The van der Waals surface area contributed by atoms with E-state index in [1.54, 1.807) is 6.07 Å². The van der Waals surface area contributed by atoms with Gasteiger partial charge in [-0.2, -0.15) is 0 Å². The van der Waals surface area contributed by atoms with Crippen LogP contribution in [0.15, 0.2) is 36.7 Å². The number of likely N-dealkylation sites (N-methyl/N-ethyl adjacent to an activating group) is 1. The molecule has 1 aromatic carbocycles. The summed E-state index contributed by atoms with van der Waals surface area (Å²) in [5.74, 6) is 0.645. The minimum atomic E-state index is -0.0242. The number of aromatic nitrogens is 2. The quantitative estimate of drug-likeness (QED) is 0.928. The molecular weight excluding hydrogens is 302 g/mol. The Morgan fingerprint density at radius 2 is 1.83 bits per heavy atom. The van der Waals surface area contributed by atoms with Crippen molar-refractivity contribution in [2.45, 2.75) is 13.5 Å². The van der Waals surface area contributed by atoms with Crippen molar-refractivity contribution in [2.24, 2.45) is 0 Å². The van der Waals surface area contributed by atoms with E-state index in [4.69, 9.17) is 0 Å². The summed E-state index contributed by atoms with van der Waals surface area (Å²) in [5, 5.41) is 3.26. The third-order valence-electron chi connectivity index (χ3n) is 4.27. The van der Waals surface area contributed by atoms with Crippen LogP contribution in [0.2, 0.25) is 0 Å². The Morgan fingerprint density at radius 3 is 2.54 bits per heavy atom. The molecule has 1 aliphatic heterocycles. The van der Waals surface area contributed by atoms with E-state index in [1.165, 1.54) is 17.5 Å². The second kappa shape index (κ2) is 7.40.